The monoisotopic (exact) mass is 449 g/mol. The molecule has 0 atom stereocenters. The Morgan fingerprint density at radius 2 is 1.76 bits per heavy atom. The molecular weight excluding hydrogens is 422 g/mol. The lowest BCUT2D eigenvalue weighted by Gasteiger charge is -2.31. The molecule has 0 radical (unpaired) electrons. The quantitative estimate of drug-likeness (QED) is 0.581. The number of hydrogen-bond donors (Lipinski definition) is 2. The fourth-order valence-corrected chi connectivity index (χ4v) is 4.34. The number of carbonyl (C=O) groups is 1. The maximum Gasteiger partial charge on any atom is 0.251 e. The van der Waals surface area contributed by atoms with Crippen molar-refractivity contribution in [3.05, 3.63) is 42.5 Å². The van der Waals surface area contributed by atoms with Crippen LogP contribution in [0.5, 0.6) is 5.75 Å². The van der Waals surface area contributed by atoms with Crippen molar-refractivity contribution in [2.24, 2.45) is 5.73 Å². The van der Waals surface area contributed by atoms with Gasteiger partial charge in [0.2, 0.25) is 5.95 Å². The summed E-state index contributed by atoms with van der Waals surface area (Å²) in [6.07, 6.45) is 10.1. The molecule has 1 aliphatic heterocycles. The first-order chi connectivity index (χ1) is 16.2. The average molecular weight is 450 g/mol. The normalized spacial score (nSPS) is 21.0. The molecule has 172 valence electrons. The molecule has 1 aliphatic carbocycles. The molecule has 0 spiro atoms. The number of morpholine rings is 1. The summed E-state index contributed by atoms with van der Waals surface area (Å²) >= 11 is 0. The Balaban J connectivity index is 1.24. The minimum atomic E-state index is -0.533. The van der Waals surface area contributed by atoms with Gasteiger partial charge in [0.05, 0.1) is 30.4 Å². The number of fused-ring (bicyclic) bond motifs is 1. The molecule has 3 aromatic rings. The average Bonchev–Trinajstić information content (AvgIpc) is 2.86. The largest absolute Gasteiger partial charge is 0.488 e. The maximum absolute atomic E-state index is 11.2. The van der Waals surface area contributed by atoms with E-state index in [1.165, 1.54) is 12.4 Å². The van der Waals surface area contributed by atoms with Crippen molar-refractivity contribution in [1.29, 1.82) is 0 Å². The molecule has 3 N–H and O–H groups in total. The summed E-state index contributed by atoms with van der Waals surface area (Å²) in [5.41, 5.74) is 8.26. The number of amides is 1. The fourth-order valence-electron chi connectivity index (χ4n) is 4.34. The zero-order chi connectivity index (χ0) is 22.6. The predicted molar refractivity (Wildman–Crippen MR) is 123 cm³/mol. The molecule has 0 unspecified atom stereocenters. The van der Waals surface area contributed by atoms with E-state index < -0.39 is 5.91 Å². The molecule has 2 aliphatic rings. The number of nitrogens with two attached hydrogens (primary N) is 1. The van der Waals surface area contributed by atoms with E-state index in [0.29, 0.717) is 11.5 Å². The lowest BCUT2D eigenvalue weighted by molar-refractivity contribution is 0.0999. The van der Waals surface area contributed by atoms with Crippen LogP contribution in [-0.2, 0) is 4.74 Å². The highest BCUT2D eigenvalue weighted by Crippen LogP contribution is 2.33. The van der Waals surface area contributed by atoms with Crippen LogP contribution in [0.4, 0.5) is 11.6 Å². The van der Waals surface area contributed by atoms with Gasteiger partial charge < -0.3 is 25.4 Å². The molecule has 3 heterocycles. The summed E-state index contributed by atoms with van der Waals surface area (Å²) in [5.74, 6) is 0.752. The van der Waals surface area contributed by atoms with Gasteiger partial charge in [0.15, 0.2) is 0 Å². The Morgan fingerprint density at radius 3 is 2.48 bits per heavy atom. The van der Waals surface area contributed by atoms with Gasteiger partial charge in [-0.25, -0.2) is 15.0 Å². The van der Waals surface area contributed by atoms with Crippen molar-refractivity contribution in [2.45, 2.75) is 37.8 Å². The third kappa shape index (κ3) is 4.95. The molecule has 33 heavy (non-hydrogen) atoms. The van der Waals surface area contributed by atoms with E-state index in [1.54, 1.807) is 12.4 Å². The Bertz CT molecular complexity index is 1110. The van der Waals surface area contributed by atoms with E-state index in [4.69, 9.17) is 15.2 Å². The van der Waals surface area contributed by atoms with Gasteiger partial charge in [0.25, 0.3) is 5.91 Å². The number of anilines is 2. The van der Waals surface area contributed by atoms with Crippen molar-refractivity contribution in [3.8, 4) is 5.75 Å². The minimum absolute atomic E-state index is 0.103. The first kappa shape index (κ1) is 21.3. The first-order valence-electron chi connectivity index (χ1n) is 11.3. The summed E-state index contributed by atoms with van der Waals surface area (Å²) in [7, 11) is 0. The van der Waals surface area contributed by atoms with Crippen LogP contribution in [0.3, 0.4) is 0 Å². The minimum Gasteiger partial charge on any atom is -0.488 e. The molecule has 5 rings (SSSR count). The van der Waals surface area contributed by atoms with Crippen LogP contribution in [0.2, 0.25) is 0 Å². The van der Waals surface area contributed by atoms with Crippen molar-refractivity contribution in [2.75, 3.05) is 36.5 Å². The Labute approximate surface area is 191 Å². The molecule has 1 saturated heterocycles. The highest BCUT2D eigenvalue weighted by atomic mass is 16.5. The second-order valence-electron chi connectivity index (χ2n) is 8.36. The highest BCUT2D eigenvalue weighted by Gasteiger charge is 2.24. The number of ether oxygens (including phenoxy) is 2. The molecule has 2 fully saturated rings. The molecule has 2 aromatic heterocycles. The molecular formula is C23H27N7O3. The first-order valence-corrected chi connectivity index (χ1v) is 11.3. The van der Waals surface area contributed by atoms with Gasteiger partial charge >= 0.3 is 0 Å². The number of benzene rings is 1. The van der Waals surface area contributed by atoms with Crippen LogP contribution in [0, 0.1) is 0 Å². The summed E-state index contributed by atoms with van der Waals surface area (Å²) in [4.78, 5) is 30.9. The van der Waals surface area contributed by atoms with Crippen molar-refractivity contribution in [3.63, 3.8) is 0 Å². The number of rotatable bonds is 6. The van der Waals surface area contributed by atoms with Gasteiger partial charge in [-0.2, -0.15) is 0 Å². The zero-order valence-electron chi connectivity index (χ0n) is 18.3. The van der Waals surface area contributed by atoms with Crippen LogP contribution in [0.15, 0.2) is 36.9 Å². The van der Waals surface area contributed by atoms with Gasteiger partial charge in [0.1, 0.15) is 11.3 Å². The van der Waals surface area contributed by atoms with Gasteiger partial charge in [-0.3, -0.25) is 9.78 Å². The topological polar surface area (TPSA) is 128 Å². The Hall–Kier alpha value is -3.53. The Morgan fingerprint density at radius 1 is 1.03 bits per heavy atom. The lowest BCUT2D eigenvalue weighted by Crippen LogP contribution is -2.36. The molecule has 1 aromatic carbocycles. The second kappa shape index (κ2) is 9.53. The van der Waals surface area contributed by atoms with E-state index in [0.717, 1.165) is 74.5 Å². The van der Waals surface area contributed by atoms with Crippen LogP contribution < -0.4 is 20.7 Å². The summed E-state index contributed by atoms with van der Waals surface area (Å²) in [6.45, 7) is 3.15. The van der Waals surface area contributed by atoms with E-state index in [9.17, 15) is 4.79 Å². The van der Waals surface area contributed by atoms with E-state index in [-0.39, 0.29) is 12.1 Å². The fraction of sp³-hybridized carbons (Fsp3) is 0.435. The molecule has 10 heteroatoms. The molecule has 10 nitrogen and oxygen atoms in total. The number of hydrogen-bond acceptors (Lipinski definition) is 9. The van der Waals surface area contributed by atoms with Crippen molar-refractivity contribution >= 4 is 28.6 Å². The summed E-state index contributed by atoms with van der Waals surface area (Å²) in [5, 5.41) is 3.34. The molecule has 0 bridgehead atoms. The third-order valence-electron chi connectivity index (χ3n) is 6.14. The van der Waals surface area contributed by atoms with Crippen LogP contribution in [0.1, 0.15) is 36.0 Å². The van der Waals surface area contributed by atoms with E-state index in [2.05, 4.69) is 42.3 Å². The van der Waals surface area contributed by atoms with E-state index >= 15 is 0 Å². The number of primary amides is 1. The SMILES string of the molecule is NC(=O)c1cnc(NC2CCC(Oc3cc(N4CCOCC4)cc4nccnc34)CC2)nc1. The van der Waals surface area contributed by atoms with Crippen LogP contribution in [0.25, 0.3) is 11.0 Å². The smallest absolute Gasteiger partial charge is 0.251 e. The number of nitrogens with zero attached hydrogens (tertiary/aromatic N) is 5. The Kier molecular flexibility index (Phi) is 6.16. The predicted octanol–water partition coefficient (Wildman–Crippen LogP) is 2.16. The number of carbonyl (C=O) groups excluding carboxylic acids is 1. The third-order valence-corrected chi connectivity index (χ3v) is 6.14. The lowest BCUT2D eigenvalue weighted by atomic mass is 9.93. The van der Waals surface area contributed by atoms with Gasteiger partial charge in [-0.05, 0) is 31.7 Å². The molecule has 1 saturated carbocycles. The van der Waals surface area contributed by atoms with Crippen LogP contribution in [-0.4, -0.2) is 64.3 Å². The maximum atomic E-state index is 11.2. The second-order valence-corrected chi connectivity index (χ2v) is 8.36. The summed E-state index contributed by atoms with van der Waals surface area (Å²) in [6, 6.07) is 4.41. The summed E-state index contributed by atoms with van der Waals surface area (Å²) < 4.78 is 12.0. The van der Waals surface area contributed by atoms with Crippen molar-refractivity contribution < 1.29 is 14.3 Å². The van der Waals surface area contributed by atoms with Gasteiger partial charge in [0, 0.05) is 55.7 Å². The van der Waals surface area contributed by atoms with Gasteiger partial charge in [-0.1, -0.05) is 0 Å². The number of nitrogens with one attached hydrogen (secondary N) is 1. The standard InChI is InChI=1S/C23H27N7O3/c24-22(31)15-13-27-23(28-14-15)29-16-1-3-18(4-2-16)33-20-12-17(30-7-9-32-10-8-30)11-19-21(20)26-6-5-25-19/h5-6,11-14,16,18H,1-4,7-10H2,(H2,24,31)(H,27,28,29). The van der Waals surface area contributed by atoms with Crippen LogP contribution >= 0.6 is 0 Å². The van der Waals surface area contributed by atoms with E-state index in [1.807, 2.05) is 0 Å². The highest BCUT2D eigenvalue weighted by molar-refractivity contribution is 5.92. The van der Waals surface area contributed by atoms with Crippen molar-refractivity contribution in [1.82, 2.24) is 19.9 Å². The van der Waals surface area contributed by atoms with Gasteiger partial charge in [-0.15, -0.1) is 0 Å². The number of aromatic nitrogens is 4. The zero-order valence-corrected chi connectivity index (χ0v) is 18.3. The molecule has 1 amide bonds.